The Labute approximate surface area is 124 Å². The van der Waals surface area contributed by atoms with Gasteiger partial charge in [0.2, 0.25) is 0 Å². The summed E-state index contributed by atoms with van der Waals surface area (Å²) in [6.45, 7) is 0. The number of aromatic hydroxyl groups is 2. The zero-order valence-corrected chi connectivity index (χ0v) is 11.3. The van der Waals surface area contributed by atoms with Crippen molar-refractivity contribution in [2.75, 3.05) is 5.32 Å². The lowest BCUT2D eigenvalue weighted by Gasteiger charge is -2.09. The molecule has 0 spiro atoms. The number of carbonyl (C=O) groups excluding carboxylic acids is 1. The van der Waals surface area contributed by atoms with Crippen LogP contribution in [-0.4, -0.2) is 21.1 Å². The van der Waals surface area contributed by atoms with Gasteiger partial charge in [-0.15, -0.1) is 0 Å². The molecule has 0 fully saturated rings. The first-order chi connectivity index (χ1) is 10.6. The fraction of sp³-hybridized carbons (Fsp3) is 0. The predicted molar refractivity (Wildman–Crippen MR) is 82.3 cm³/mol. The van der Waals surface area contributed by atoms with Crippen LogP contribution in [0.2, 0.25) is 0 Å². The second kappa shape index (κ2) is 5.25. The minimum absolute atomic E-state index is 0.132. The van der Waals surface area contributed by atoms with Crippen LogP contribution in [0, 0.1) is 0 Å². The lowest BCUT2D eigenvalue weighted by atomic mass is 10.1. The summed E-state index contributed by atoms with van der Waals surface area (Å²) in [7, 11) is 0. The Morgan fingerprint density at radius 3 is 2.45 bits per heavy atom. The van der Waals surface area contributed by atoms with Gasteiger partial charge in [-0.3, -0.25) is 9.59 Å². The van der Waals surface area contributed by atoms with E-state index in [0.717, 1.165) is 0 Å². The number of benzene rings is 2. The summed E-state index contributed by atoms with van der Waals surface area (Å²) in [4.78, 5) is 26.8. The number of pyridine rings is 1. The van der Waals surface area contributed by atoms with E-state index < -0.39 is 22.8 Å². The van der Waals surface area contributed by atoms with Crippen LogP contribution in [0.5, 0.6) is 11.5 Å². The number of aromatic nitrogens is 1. The number of phenols is 1. The summed E-state index contributed by atoms with van der Waals surface area (Å²) in [6.07, 6.45) is 0. The van der Waals surface area contributed by atoms with Gasteiger partial charge in [-0.05, 0) is 24.3 Å². The number of nitrogens with one attached hydrogen (secondary N) is 2. The first-order valence-electron chi connectivity index (χ1n) is 6.51. The van der Waals surface area contributed by atoms with Crippen LogP contribution < -0.4 is 10.9 Å². The average molecular weight is 296 g/mol. The molecule has 0 unspecified atom stereocenters. The zero-order chi connectivity index (χ0) is 15.7. The minimum atomic E-state index is -0.800. The Morgan fingerprint density at radius 1 is 1.00 bits per heavy atom. The number of fused-ring (bicyclic) bond motifs is 1. The molecular formula is C16H12N2O4. The van der Waals surface area contributed by atoms with Crippen LogP contribution >= 0.6 is 0 Å². The molecular weight excluding hydrogens is 284 g/mol. The van der Waals surface area contributed by atoms with Gasteiger partial charge >= 0.3 is 0 Å². The van der Waals surface area contributed by atoms with E-state index in [1.165, 1.54) is 12.1 Å². The second-order valence-electron chi connectivity index (χ2n) is 4.69. The van der Waals surface area contributed by atoms with Crippen molar-refractivity contribution in [2.45, 2.75) is 0 Å². The third-order valence-electron chi connectivity index (χ3n) is 3.27. The highest BCUT2D eigenvalue weighted by Crippen LogP contribution is 2.27. The highest BCUT2D eigenvalue weighted by Gasteiger charge is 2.19. The molecule has 0 aliphatic heterocycles. The summed E-state index contributed by atoms with van der Waals surface area (Å²) < 4.78 is 0. The van der Waals surface area contributed by atoms with Crippen LogP contribution in [-0.2, 0) is 0 Å². The molecule has 2 aromatic carbocycles. The highest BCUT2D eigenvalue weighted by molar-refractivity contribution is 6.09. The molecule has 6 nitrogen and oxygen atoms in total. The molecule has 1 amide bonds. The van der Waals surface area contributed by atoms with Gasteiger partial charge in [0.05, 0.1) is 11.2 Å². The van der Waals surface area contributed by atoms with E-state index >= 15 is 0 Å². The standard InChI is InChI=1S/C16H12N2O4/c19-12-8-4-3-7-11(12)18-16(22)13-14(20)9-5-1-2-6-10(9)17-15(13)21/h1-8,19H,(H,18,22)(H2,17,20,21). The van der Waals surface area contributed by atoms with E-state index in [4.69, 9.17) is 0 Å². The molecule has 0 aliphatic rings. The fourth-order valence-electron chi connectivity index (χ4n) is 2.20. The fourth-order valence-corrected chi connectivity index (χ4v) is 2.20. The van der Waals surface area contributed by atoms with Crippen LogP contribution in [0.15, 0.2) is 53.3 Å². The Hall–Kier alpha value is -3.28. The SMILES string of the molecule is O=C(Nc1ccccc1O)c1c(O)c2ccccc2[nH]c1=O. The smallest absolute Gasteiger partial charge is 0.265 e. The van der Waals surface area contributed by atoms with Crippen LogP contribution in [0.1, 0.15) is 10.4 Å². The van der Waals surface area contributed by atoms with Gasteiger partial charge in [-0.25, -0.2) is 0 Å². The van der Waals surface area contributed by atoms with E-state index in [1.54, 1.807) is 36.4 Å². The van der Waals surface area contributed by atoms with Crippen molar-refractivity contribution in [3.63, 3.8) is 0 Å². The molecule has 0 bridgehead atoms. The number of para-hydroxylation sites is 3. The first kappa shape index (κ1) is 13.7. The molecule has 6 heteroatoms. The summed E-state index contributed by atoms with van der Waals surface area (Å²) in [6, 6.07) is 12.7. The van der Waals surface area contributed by atoms with Crippen molar-refractivity contribution in [1.82, 2.24) is 4.98 Å². The van der Waals surface area contributed by atoms with Crippen molar-refractivity contribution < 1.29 is 15.0 Å². The maximum absolute atomic E-state index is 12.2. The Morgan fingerprint density at radius 2 is 1.68 bits per heavy atom. The lowest BCUT2D eigenvalue weighted by molar-refractivity contribution is 0.102. The normalized spacial score (nSPS) is 10.5. The number of hydrogen-bond donors (Lipinski definition) is 4. The number of hydrogen-bond acceptors (Lipinski definition) is 4. The summed E-state index contributed by atoms with van der Waals surface area (Å²) in [5.74, 6) is -1.33. The zero-order valence-electron chi connectivity index (χ0n) is 11.3. The Bertz CT molecular complexity index is 931. The van der Waals surface area contributed by atoms with Gasteiger partial charge in [0, 0.05) is 5.39 Å². The quantitative estimate of drug-likeness (QED) is 0.544. The van der Waals surface area contributed by atoms with E-state index in [2.05, 4.69) is 10.3 Å². The number of rotatable bonds is 2. The molecule has 22 heavy (non-hydrogen) atoms. The third-order valence-corrected chi connectivity index (χ3v) is 3.27. The third kappa shape index (κ3) is 2.26. The maximum atomic E-state index is 12.2. The Kier molecular flexibility index (Phi) is 3.27. The van der Waals surface area contributed by atoms with E-state index in [1.807, 2.05) is 0 Å². The van der Waals surface area contributed by atoms with Crippen LogP contribution in [0.4, 0.5) is 5.69 Å². The van der Waals surface area contributed by atoms with Gasteiger partial charge in [0.25, 0.3) is 11.5 Å². The van der Waals surface area contributed by atoms with Crippen LogP contribution in [0.3, 0.4) is 0 Å². The topological polar surface area (TPSA) is 102 Å². The molecule has 3 aromatic rings. The number of aromatic amines is 1. The summed E-state index contributed by atoms with van der Waals surface area (Å²) >= 11 is 0. The molecule has 110 valence electrons. The van der Waals surface area contributed by atoms with E-state index in [9.17, 15) is 19.8 Å². The number of H-pyrrole nitrogens is 1. The molecule has 0 aliphatic carbocycles. The number of anilines is 1. The molecule has 0 atom stereocenters. The van der Waals surface area contributed by atoms with Crippen molar-refractivity contribution in [2.24, 2.45) is 0 Å². The van der Waals surface area contributed by atoms with Gasteiger partial charge in [0.1, 0.15) is 17.1 Å². The van der Waals surface area contributed by atoms with Gasteiger partial charge in [0.15, 0.2) is 0 Å². The predicted octanol–water partition coefficient (Wildman–Crippen LogP) is 2.19. The largest absolute Gasteiger partial charge is 0.506 e. The molecule has 1 aromatic heterocycles. The minimum Gasteiger partial charge on any atom is -0.506 e. The second-order valence-corrected chi connectivity index (χ2v) is 4.69. The van der Waals surface area contributed by atoms with E-state index in [0.29, 0.717) is 10.9 Å². The number of carbonyl (C=O) groups is 1. The maximum Gasteiger partial charge on any atom is 0.265 e. The van der Waals surface area contributed by atoms with Crippen LogP contribution in [0.25, 0.3) is 10.9 Å². The van der Waals surface area contributed by atoms with Crippen molar-refractivity contribution >= 4 is 22.5 Å². The summed E-state index contributed by atoms with van der Waals surface area (Å²) in [5, 5.41) is 22.6. The average Bonchev–Trinajstić information content (AvgIpc) is 2.49. The molecule has 1 heterocycles. The first-order valence-corrected chi connectivity index (χ1v) is 6.51. The van der Waals surface area contributed by atoms with Crippen molar-refractivity contribution in [3.8, 4) is 11.5 Å². The molecule has 0 radical (unpaired) electrons. The molecule has 0 saturated heterocycles. The van der Waals surface area contributed by atoms with Crippen molar-refractivity contribution in [1.29, 1.82) is 0 Å². The number of amides is 1. The van der Waals surface area contributed by atoms with Gasteiger partial charge < -0.3 is 20.5 Å². The van der Waals surface area contributed by atoms with E-state index in [-0.39, 0.29) is 11.4 Å². The molecule has 3 rings (SSSR count). The molecule has 4 N–H and O–H groups in total. The van der Waals surface area contributed by atoms with Gasteiger partial charge in [-0.1, -0.05) is 24.3 Å². The van der Waals surface area contributed by atoms with Gasteiger partial charge in [-0.2, -0.15) is 0 Å². The summed E-state index contributed by atoms with van der Waals surface area (Å²) in [5.41, 5.74) is -0.519. The Balaban J connectivity index is 2.08. The number of phenolic OH excluding ortho intramolecular Hbond substituents is 1. The molecule has 0 saturated carbocycles. The highest BCUT2D eigenvalue weighted by atomic mass is 16.3. The van der Waals surface area contributed by atoms with Crippen molar-refractivity contribution in [3.05, 3.63) is 64.4 Å². The lowest BCUT2D eigenvalue weighted by Crippen LogP contribution is -2.23. The monoisotopic (exact) mass is 296 g/mol.